The average Bonchev–Trinajstić information content (AvgIpc) is 3.07. The lowest BCUT2D eigenvalue weighted by atomic mass is 10.2. The summed E-state index contributed by atoms with van der Waals surface area (Å²) in [6.07, 6.45) is 0. The molecule has 0 saturated carbocycles. The first-order valence-corrected chi connectivity index (χ1v) is 7.87. The lowest BCUT2D eigenvalue weighted by molar-refractivity contribution is -0.387. The number of nitro benzene ring substituents is 1. The van der Waals surface area contributed by atoms with Crippen molar-refractivity contribution in [2.75, 3.05) is 5.32 Å². The standard InChI is InChI=1S/C17H10F2N2O3S/c18-11-3-1-10(2-4-11)15-7-8-16(25-15)17(22)20-12-5-6-13(19)14(9-12)21(23)24/h1-9H,(H,20,22). The predicted molar refractivity (Wildman–Crippen MR) is 90.7 cm³/mol. The topological polar surface area (TPSA) is 72.2 Å². The minimum atomic E-state index is -0.974. The van der Waals surface area contributed by atoms with Gasteiger partial charge in [0, 0.05) is 16.6 Å². The number of thiophene rings is 1. The Bertz CT molecular complexity index is 955. The van der Waals surface area contributed by atoms with Gasteiger partial charge in [0.1, 0.15) is 5.82 Å². The van der Waals surface area contributed by atoms with Crippen LogP contribution in [0.15, 0.2) is 54.6 Å². The van der Waals surface area contributed by atoms with E-state index in [1.54, 1.807) is 24.3 Å². The fraction of sp³-hybridized carbons (Fsp3) is 0. The summed E-state index contributed by atoms with van der Waals surface area (Å²) in [4.78, 5) is 23.3. The van der Waals surface area contributed by atoms with E-state index in [-0.39, 0.29) is 11.5 Å². The summed E-state index contributed by atoms with van der Waals surface area (Å²) in [6.45, 7) is 0. The van der Waals surface area contributed by atoms with Gasteiger partial charge >= 0.3 is 5.69 Å². The molecule has 1 aromatic heterocycles. The molecule has 0 fully saturated rings. The van der Waals surface area contributed by atoms with Crippen LogP contribution in [0.3, 0.4) is 0 Å². The zero-order chi connectivity index (χ0) is 18.0. The van der Waals surface area contributed by atoms with Crippen LogP contribution < -0.4 is 5.32 Å². The van der Waals surface area contributed by atoms with Crippen molar-refractivity contribution in [3.63, 3.8) is 0 Å². The molecule has 3 aromatic rings. The van der Waals surface area contributed by atoms with E-state index in [4.69, 9.17) is 0 Å². The molecular formula is C17H10F2N2O3S. The van der Waals surface area contributed by atoms with Crippen molar-refractivity contribution in [3.05, 3.63) is 81.2 Å². The normalized spacial score (nSPS) is 10.5. The number of nitrogens with one attached hydrogen (secondary N) is 1. The average molecular weight is 360 g/mol. The molecule has 5 nitrogen and oxygen atoms in total. The lowest BCUT2D eigenvalue weighted by Gasteiger charge is -2.04. The van der Waals surface area contributed by atoms with Gasteiger partial charge in [0.2, 0.25) is 5.82 Å². The largest absolute Gasteiger partial charge is 0.321 e. The van der Waals surface area contributed by atoms with Gasteiger partial charge in [0.05, 0.1) is 9.80 Å². The number of nitrogens with zero attached hydrogens (tertiary/aromatic N) is 1. The SMILES string of the molecule is O=C(Nc1ccc(F)c([N+](=O)[O-])c1)c1ccc(-c2ccc(F)cc2)s1. The molecule has 25 heavy (non-hydrogen) atoms. The quantitative estimate of drug-likeness (QED) is 0.534. The fourth-order valence-corrected chi connectivity index (χ4v) is 3.06. The molecule has 0 bridgehead atoms. The van der Waals surface area contributed by atoms with Crippen LogP contribution in [0.5, 0.6) is 0 Å². The number of hydrogen-bond acceptors (Lipinski definition) is 4. The highest BCUT2D eigenvalue weighted by atomic mass is 32.1. The molecule has 2 aromatic carbocycles. The van der Waals surface area contributed by atoms with Crippen molar-refractivity contribution < 1.29 is 18.5 Å². The zero-order valence-electron chi connectivity index (χ0n) is 12.5. The van der Waals surface area contributed by atoms with Crippen LogP contribution in [0.25, 0.3) is 10.4 Å². The molecule has 0 aliphatic heterocycles. The molecule has 3 rings (SSSR count). The van der Waals surface area contributed by atoms with Gasteiger partial charge in [-0.15, -0.1) is 11.3 Å². The predicted octanol–water partition coefficient (Wildman–Crippen LogP) is 4.85. The molecule has 1 heterocycles. The first-order valence-electron chi connectivity index (χ1n) is 7.05. The van der Waals surface area contributed by atoms with E-state index in [1.807, 2.05) is 0 Å². The molecule has 0 saturated heterocycles. The van der Waals surface area contributed by atoms with Crippen LogP contribution in [0.2, 0.25) is 0 Å². The van der Waals surface area contributed by atoms with Gasteiger partial charge in [-0.05, 0) is 42.0 Å². The van der Waals surface area contributed by atoms with Crippen molar-refractivity contribution in [1.82, 2.24) is 0 Å². The van der Waals surface area contributed by atoms with Gasteiger partial charge in [-0.2, -0.15) is 4.39 Å². The highest BCUT2D eigenvalue weighted by Gasteiger charge is 2.16. The number of benzene rings is 2. The third kappa shape index (κ3) is 3.69. The number of anilines is 1. The van der Waals surface area contributed by atoms with Crippen LogP contribution in [-0.2, 0) is 0 Å². The maximum atomic E-state index is 13.3. The van der Waals surface area contributed by atoms with Crippen LogP contribution in [0, 0.1) is 21.7 Å². The highest BCUT2D eigenvalue weighted by molar-refractivity contribution is 7.17. The molecule has 1 amide bonds. The van der Waals surface area contributed by atoms with E-state index in [0.29, 0.717) is 4.88 Å². The van der Waals surface area contributed by atoms with E-state index in [2.05, 4.69) is 5.32 Å². The summed E-state index contributed by atoms with van der Waals surface area (Å²) in [6, 6.07) is 12.3. The Balaban J connectivity index is 1.79. The third-order valence-electron chi connectivity index (χ3n) is 3.36. The van der Waals surface area contributed by atoms with E-state index in [9.17, 15) is 23.7 Å². The summed E-state index contributed by atoms with van der Waals surface area (Å²) in [5.41, 5.74) is 0.175. The van der Waals surface area contributed by atoms with Crippen LogP contribution in [-0.4, -0.2) is 10.8 Å². The Morgan fingerprint density at radius 2 is 1.76 bits per heavy atom. The molecule has 0 spiro atoms. The maximum Gasteiger partial charge on any atom is 0.306 e. The van der Waals surface area contributed by atoms with Gasteiger partial charge in [0.15, 0.2) is 0 Å². The van der Waals surface area contributed by atoms with Crippen molar-refractivity contribution >= 4 is 28.6 Å². The van der Waals surface area contributed by atoms with Crippen LogP contribution in [0.4, 0.5) is 20.2 Å². The smallest absolute Gasteiger partial charge is 0.306 e. The Hall–Kier alpha value is -3.13. The molecule has 0 radical (unpaired) electrons. The summed E-state index contributed by atoms with van der Waals surface area (Å²) in [5, 5.41) is 13.2. The third-order valence-corrected chi connectivity index (χ3v) is 4.49. The Morgan fingerprint density at radius 3 is 2.44 bits per heavy atom. The van der Waals surface area contributed by atoms with Crippen molar-refractivity contribution in [2.24, 2.45) is 0 Å². The summed E-state index contributed by atoms with van der Waals surface area (Å²) >= 11 is 1.19. The summed E-state index contributed by atoms with van der Waals surface area (Å²) < 4.78 is 26.3. The number of carbonyl (C=O) groups excluding carboxylic acids is 1. The van der Waals surface area contributed by atoms with Gasteiger partial charge in [-0.3, -0.25) is 14.9 Å². The van der Waals surface area contributed by atoms with Gasteiger partial charge in [-0.1, -0.05) is 12.1 Å². The molecule has 0 aliphatic rings. The first kappa shape index (κ1) is 16.7. The number of amides is 1. The van der Waals surface area contributed by atoms with Gasteiger partial charge in [0.25, 0.3) is 5.91 Å². The van der Waals surface area contributed by atoms with Gasteiger partial charge in [-0.25, -0.2) is 4.39 Å². The molecule has 126 valence electrons. The molecule has 0 unspecified atom stereocenters. The first-order chi connectivity index (χ1) is 11.9. The highest BCUT2D eigenvalue weighted by Crippen LogP contribution is 2.29. The number of rotatable bonds is 4. The van der Waals surface area contributed by atoms with E-state index in [0.717, 1.165) is 22.6 Å². The second-order valence-electron chi connectivity index (χ2n) is 5.05. The fourth-order valence-electron chi connectivity index (χ4n) is 2.15. The van der Waals surface area contributed by atoms with Gasteiger partial charge < -0.3 is 5.32 Å². The maximum absolute atomic E-state index is 13.3. The molecule has 1 N–H and O–H groups in total. The van der Waals surface area contributed by atoms with Crippen molar-refractivity contribution in [3.8, 4) is 10.4 Å². The van der Waals surface area contributed by atoms with Crippen LogP contribution in [0.1, 0.15) is 9.67 Å². The summed E-state index contributed by atoms with van der Waals surface area (Å²) in [7, 11) is 0. The monoisotopic (exact) mass is 360 g/mol. The Morgan fingerprint density at radius 1 is 1.04 bits per heavy atom. The molecule has 0 atom stereocenters. The number of hydrogen-bond donors (Lipinski definition) is 1. The molecule has 8 heteroatoms. The van der Waals surface area contributed by atoms with E-state index < -0.39 is 22.3 Å². The Kier molecular flexibility index (Phi) is 4.53. The second-order valence-corrected chi connectivity index (χ2v) is 6.13. The zero-order valence-corrected chi connectivity index (χ0v) is 13.3. The second kappa shape index (κ2) is 6.78. The number of halogens is 2. The van der Waals surface area contributed by atoms with Crippen molar-refractivity contribution in [2.45, 2.75) is 0 Å². The number of nitro groups is 1. The molecule has 0 aliphatic carbocycles. The van der Waals surface area contributed by atoms with E-state index >= 15 is 0 Å². The van der Waals surface area contributed by atoms with Crippen LogP contribution >= 0.6 is 11.3 Å². The van der Waals surface area contributed by atoms with Crippen molar-refractivity contribution in [1.29, 1.82) is 0 Å². The minimum absolute atomic E-state index is 0.120. The minimum Gasteiger partial charge on any atom is -0.321 e. The summed E-state index contributed by atoms with van der Waals surface area (Å²) in [5.74, 6) is -1.80. The molecular weight excluding hydrogens is 350 g/mol. The lowest BCUT2D eigenvalue weighted by Crippen LogP contribution is -2.10. The van der Waals surface area contributed by atoms with E-state index in [1.165, 1.54) is 29.5 Å². The number of carbonyl (C=O) groups is 1. The Labute approximate surface area is 144 Å².